The first-order valence-corrected chi connectivity index (χ1v) is 5.85. The van der Waals surface area contributed by atoms with Gasteiger partial charge in [0.15, 0.2) is 0 Å². The second-order valence-electron chi connectivity index (χ2n) is 4.90. The summed E-state index contributed by atoms with van der Waals surface area (Å²) in [6.07, 6.45) is 0.380. The number of nitrogens with zero attached hydrogens (tertiary/aromatic N) is 1. The molecular formula is C14H18N2O2. The average Bonchev–Trinajstić information content (AvgIpc) is 2.36. The second kappa shape index (κ2) is 6.18. The van der Waals surface area contributed by atoms with Gasteiger partial charge in [-0.1, -0.05) is 30.3 Å². The van der Waals surface area contributed by atoms with Gasteiger partial charge in [0.25, 0.3) is 0 Å². The molecule has 0 radical (unpaired) electrons. The van der Waals surface area contributed by atoms with Crippen molar-refractivity contribution < 1.29 is 9.90 Å². The topological polar surface area (TPSA) is 73.1 Å². The molecule has 0 saturated carbocycles. The summed E-state index contributed by atoms with van der Waals surface area (Å²) in [4.78, 5) is 11.9. The molecule has 4 heteroatoms. The number of rotatable bonds is 5. The molecular weight excluding hydrogens is 228 g/mol. The van der Waals surface area contributed by atoms with Crippen molar-refractivity contribution in [1.29, 1.82) is 5.26 Å². The zero-order valence-electron chi connectivity index (χ0n) is 10.7. The summed E-state index contributed by atoms with van der Waals surface area (Å²) in [5.41, 5.74) is 0.240. The van der Waals surface area contributed by atoms with E-state index in [4.69, 9.17) is 10.4 Å². The number of benzene rings is 1. The molecule has 0 bridgehead atoms. The molecule has 0 aliphatic rings. The Kier molecular flexibility index (Phi) is 4.87. The smallest absolute Gasteiger partial charge is 0.238 e. The third-order valence-corrected chi connectivity index (χ3v) is 2.61. The summed E-state index contributed by atoms with van der Waals surface area (Å²) in [5.74, 6) is -1.08. The molecule has 1 unspecified atom stereocenters. The number of nitriles is 1. The van der Waals surface area contributed by atoms with Gasteiger partial charge in [-0.3, -0.25) is 4.79 Å². The SMILES string of the molecule is CC(C)(CO)NC(=O)C(C#N)Cc1ccccc1. The summed E-state index contributed by atoms with van der Waals surface area (Å²) in [6.45, 7) is 3.26. The molecule has 0 aliphatic heterocycles. The maximum Gasteiger partial charge on any atom is 0.238 e. The Labute approximate surface area is 107 Å². The Balaban J connectivity index is 2.68. The van der Waals surface area contributed by atoms with E-state index in [-0.39, 0.29) is 12.5 Å². The molecule has 1 rings (SSSR count). The van der Waals surface area contributed by atoms with Gasteiger partial charge in [-0.25, -0.2) is 0 Å². The fourth-order valence-electron chi connectivity index (χ4n) is 1.51. The molecule has 1 aromatic rings. The van der Waals surface area contributed by atoms with E-state index in [0.717, 1.165) is 5.56 Å². The van der Waals surface area contributed by atoms with Crippen LogP contribution in [0.2, 0.25) is 0 Å². The number of aliphatic hydroxyl groups excluding tert-OH is 1. The number of hydrogen-bond donors (Lipinski definition) is 2. The molecule has 1 atom stereocenters. The molecule has 2 N–H and O–H groups in total. The quantitative estimate of drug-likeness (QED) is 0.821. The predicted octanol–water partition coefficient (Wildman–Crippen LogP) is 1.26. The Morgan fingerprint density at radius 1 is 1.44 bits per heavy atom. The average molecular weight is 246 g/mol. The van der Waals surface area contributed by atoms with Crippen molar-refractivity contribution in [3.63, 3.8) is 0 Å². The maximum absolute atomic E-state index is 11.9. The van der Waals surface area contributed by atoms with Gasteiger partial charge in [-0.05, 0) is 25.8 Å². The third kappa shape index (κ3) is 4.19. The first-order chi connectivity index (χ1) is 8.48. The minimum Gasteiger partial charge on any atom is -0.394 e. The van der Waals surface area contributed by atoms with Gasteiger partial charge in [-0.2, -0.15) is 5.26 Å². The van der Waals surface area contributed by atoms with Crippen LogP contribution < -0.4 is 5.32 Å². The van der Waals surface area contributed by atoms with Crippen LogP contribution in [0.5, 0.6) is 0 Å². The zero-order valence-corrected chi connectivity index (χ0v) is 10.7. The van der Waals surface area contributed by atoms with E-state index in [2.05, 4.69) is 5.32 Å². The van der Waals surface area contributed by atoms with E-state index < -0.39 is 11.5 Å². The van der Waals surface area contributed by atoms with E-state index in [1.807, 2.05) is 36.4 Å². The Morgan fingerprint density at radius 3 is 2.56 bits per heavy atom. The molecule has 96 valence electrons. The first kappa shape index (κ1) is 14.2. The van der Waals surface area contributed by atoms with Crippen LogP contribution in [0.25, 0.3) is 0 Å². The first-order valence-electron chi connectivity index (χ1n) is 5.85. The molecule has 0 spiro atoms. The Morgan fingerprint density at radius 2 is 2.06 bits per heavy atom. The Hall–Kier alpha value is -1.86. The standard InChI is InChI=1S/C14H18N2O2/c1-14(2,10-17)16-13(18)12(9-15)8-11-6-4-3-5-7-11/h3-7,12,17H,8,10H2,1-2H3,(H,16,18). The van der Waals surface area contributed by atoms with E-state index >= 15 is 0 Å². The summed E-state index contributed by atoms with van der Waals surface area (Å²) in [7, 11) is 0. The minimum absolute atomic E-state index is 0.164. The van der Waals surface area contributed by atoms with Gasteiger partial charge in [0, 0.05) is 0 Å². The fraction of sp³-hybridized carbons (Fsp3) is 0.429. The van der Waals surface area contributed by atoms with Crippen LogP contribution in [0.3, 0.4) is 0 Å². The van der Waals surface area contributed by atoms with Crippen LogP contribution in [0.4, 0.5) is 0 Å². The summed E-state index contributed by atoms with van der Waals surface area (Å²) < 4.78 is 0. The molecule has 0 aromatic heterocycles. The number of aliphatic hydroxyl groups is 1. The summed E-state index contributed by atoms with van der Waals surface area (Å²) >= 11 is 0. The monoisotopic (exact) mass is 246 g/mol. The highest BCUT2D eigenvalue weighted by Gasteiger charge is 2.25. The number of amides is 1. The van der Waals surface area contributed by atoms with Gasteiger partial charge < -0.3 is 10.4 Å². The molecule has 4 nitrogen and oxygen atoms in total. The molecule has 0 heterocycles. The van der Waals surface area contributed by atoms with Crippen molar-refractivity contribution in [2.24, 2.45) is 5.92 Å². The largest absolute Gasteiger partial charge is 0.394 e. The predicted molar refractivity (Wildman–Crippen MR) is 68.6 cm³/mol. The van der Waals surface area contributed by atoms with Crippen LogP contribution in [-0.2, 0) is 11.2 Å². The molecule has 0 fully saturated rings. The van der Waals surface area contributed by atoms with E-state index in [0.29, 0.717) is 6.42 Å². The van der Waals surface area contributed by atoms with Crippen molar-refractivity contribution in [2.75, 3.05) is 6.61 Å². The van der Waals surface area contributed by atoms with Crippen LogP contribution in [0.1, 0.15) is 19.4 Å². The molecule has 1 aromatic carbocycles. The third-order valence-electron chi connectivity index (χ3n) is 2.61. The number of carbonyl (C=O) groups excluding carboxylic acids is 1. The van der Waals surface area contributed by atoms with Gasteiger partial charge >= 0.3 is 0 Å². The lowest BCUT2D eigenvalue weighted by atomic mass is 9.98. The minimum atomic E-state index is -0.738. The number of hydrogen-bond acceptors (Lipinski definition) is 3. The molecule has 0 aliphatic carbocycles. The van der Waals surface area contributed by atoms with Crippen molar-refractivity contribution in [1.82, 2.24) is 5.32 Å². The normalized spacial score (nSPS) is 12.6. The molecule has 0 saturated heterocycles. The van der Waals surface area contributed by atoms with E-state index in [1.165, 1.54) is 0 Å². The lowest BCUT2D eigenvalue weighted by molar-refractivity contribution is -0.125. The van der Waals surface area contributed by atoms with Gasteiger partial charge in [0.2, 0.25) is 5.91 Å². The summed E-state index contributed by atoms with van der Waals surface area (Å²) in [6, 6.07) is 11.4. The van der Waals surface area contributed by atoms with E-state index in [1.54, 1.807) is 13.8 Å². The van der Waals surface area contributed by atoms with Gasteiger partial charge in [0.05, 0.1) is 18.2 Å². The van der Waals surface area contributed by atoms with Crippen LogP contribution in [-0.4, -0.2) is 23.2 Å². The Bertz CT molecular complexity index is 435. The highest BCUT2D eigenvalue weighted by atomic mass is 16.3. The van der Waals surface area contributed by atoms with Crippen molar-refractivity contribution in [3.8, 4) is 6.07 Å². The highest BCUT2D eigenvalue weighted by molar-refractivity contribution is 5.82. The lowest BCUT2D eigenvalue weighted by Crippen LogP contribution is -2.48. The number of nitrogens with one attached hydrogen (secondary N) is 1. The van der Waals surface area contributed by atoms with Crippen LogP contribution >= 0.6 is 0 Å². The highest BCUT2D eigenvalue weighted by Crippen LogP contribution is 2.10. The van der Waals surface area contributed by atoms with Crippen molar-refractivity contribution in [3.05, 3.63) is 35.9 Å². The van der Waals surface area contributed by atoms with E-state index in [9.17, 15) is 4.79 Å². The van der Waals surface area contributed by atoms with Gasteiger partial charge in [-0.15, -0.1) is 0 Å². The van der Waals surface area contributed by atoms with Crippen molar-refractivity contribution in [2.45, 2.75) is 25.8 Å². The molecule has 18 heavy (non-hydrogen) atoms. The molecule has 1 amide bonds. The van der Waals surface area contributed by atoms with Crippen molar-refractivity contribution >= 4 is 5.91 Å². The van der Waals surface area contributed by atoms with Crippen LogP contribution in [0, 0.1) is 17.2 Å². The summed E-state index contributed by atoms with van der Waals surface area (Å²) in [5, 5.41) is 20.8. The lowest BCUT2D eigenvalue weighted by Gasteiger charge is -2.24. The zero-order chi connectivity index (χ0) is 13.6. The number of carbonyl (C=O) groups is 1. The second-order valence-corrected chi connectivity index (χ2v) is 4.90. The van der Waals surface area contributed by atoms with Crippen LogP contribution in [0.15, 0.2) is 30.3 Å². The fourth-order valence-corrected chi connectivity index (χ4v) is 1.51. The van der Waals surface area contributed by atoms with Gasteiger partial charge in [0.1, 0.15) is 5.92 Å². The maximum atomic E-state index is 11.9.